The number of methoxy groups -OCH3 is 1. The maximum absolute atomic E-state index is 5.62. The van der Waals surface area contributed by atoms with Crippen LogP contribution in [0.25, 0.3) is 5.57 Å². The number of hydrogen-bond donors (Lipinski definition) is 0. The van der Waals surface area contributed by atoms with Gasteiger partial charge in [0.1, 0.15) is 24.2 Å². The molecule has 0 aliphatic carbocycles. The van der Waals surface area contributed by atoms with E-state index in [2.05, 4.69) is 6.58 Å². The highest BCUT2D eigenvalue weighted by atomic mass is 16.6. The van der Waals surface area contributed by atoms with Gasteiger partial charge in [0, 0.05) is 0 Å². The third-order valence-corrected chi connectivity index (χ3v) is 3.05. The molecule has 0 radical (unpaired) electrons. The fraction of sp³-hybridized carbons (Fsp3) is 0.294. The summed E-state index contributed by atoms with van der Waals surface area (Å²) in [5.41, 5.74) is 2.24. The molecule has 1 aliphatic heterocycles. The zero-order valence-corrected chi connectivity index (χ0v) is 12.0. The Morgan fingerprint density at radius 2 is 2.05 bits per heavy atom. The second-order valence-corrected chi connectivity index (χ2v) is 4.54. The smallest absolute Gasteiger partial charge is 0.119 e. The van der Waals surface area contributed by atoms with Crippen LogP contribution in [-0.4, -0.2) is 26.4 Å². The highest BCUT2D eigenvalue weighted by Gasteiger charge is 2.22. The first-order chi connectivity index (χ1) is 9.72. The SMILES string of the molecule is C=C(/C=C\C(=C/C)c1ccc(OCC2CO2)cc1)OC. The van der Waals surface area contributed by atoms with Crippen molar-refractivity contribution in [3.63, 3.8) is 0 Å². The average molecular weight is 272 g/mol. The van der Waals surface area contributed by atoms with Gasteiger partial charge in [-0.1, -0.05) is 30.9 Å². The van der Waals surface area contributed by atoms with Gasteiger partial charge in [-0.2, -0.15) is 0 Å². The summed E-state index contributed by atoms with van der Waals surface area (Å²) in [6.07, 6.45) is 6.17. The Kier molecular flexibility index (Phi) is 5.02. The van der Waals surface area contributed by atoms with Crippen molar-refractivity contribution in [1.29, 1.82) is 0 Å². The first-order valence-electron chi connectivity index (χ1n) is 6.65. The quantitative estimate of drug-likeness (QED) is 0.432. The van der Waals surface area contributed by atoms with Crippen molar-refractivity contribution < 1.29 is 14.2 Å². The van der Waals surface area contributed by atoms with Crippen molar-refractivity contribution in [2.45, 2.75) is 13.0 Å². The van der Waals surface area contributed by atoms with Crippen LogP contribution in [0.4, 0.5) is 0 Å². The lowest BCUT2D eigenvalue weighted by Crippen LogP contribution is -2.03. The van der Waals surface area contributed by atoms with Crippen LogP contribution >= 0.6 is 0 Å². The average Bonchev–Trinajstić information content (AvgIpc) is 3.31. The predicted molar refractivity (Wildman–Crippen MR) is 80.6 cm³/mol. The summed E-state index contributed by atoms with van der Waals surface area (Å²) in [6, 6.07) is 8.02. The molecule has 0 aromatic heterocycles. The van der Waals surface area contributed by atoms with Crippen LogP contribution in [0.5, 0.6) is 5.75 Å². The predicted octanol–water partition coefficient (Wildman–Crippen LogP) is 3.58. The first-order valence-corrected chi connectivity index (χ1v) is 6.65. The Morgan fingerprint density at radius 1 is 1.35 bits per heavy atom. The molecular formula is C17H20O3. The molecule has 1 aliphatic rings. The van der Waals surface area contributed by atoms with E-state index in [9.17, 15) is 0 Å². The van der Waals surface area contributed by atoms with Gasteiger partial charge in [-0.05, 0) is 36.3 Å². The van der Waals surface area contributed by atoms with Gasteiger partial charge >= 0.3 is 0 Å². The third kappa shape index (κ3) is 4.28. The number of ether oxygens (including phenoxy) is 3. The monoisotopic (exact) mass is 272 g/mol. The highest BCUT2D eigenvalue weighted by molar-refractivity contribution is 5.74. The molecule has 1 aromatic rings. The molecule has 0 saturated carbocycles. The Hall–Kier alpha value is -2.00. The second-order valence-electron chi connectivity index (χ2n) is 4.54. The van der Waals surface area contributed by atoms with Crippen LogP contribution in [0.15, 0.2) is 54.8 Å². The third-order valence-electron chi connectivity index (χ3n) is 3.05. The number of hydrogen-bond acceptors (Lipinski definition) is 3. The van der Waals surface area contributed by atoms with E-state index < -0.39 is 0 Å². The van der Waals surface area contributed by atoms with Crippen molar-refractivity contribution in [2.75, 3.05) is 20.3 Å². The van der Waals surface area contributed by atoms with E-state index in [1.807, 2.05) is 49.4 Å². The molecule has 3 nitrogen and oxygen atoms in total. The zero-order chi connectivity index (χ0) is 14.4. The summed E-state index contributed by atoms with van der Waals surface area (Å²) in [4.78, 5) is 0. The van der Waals surface area contributed by atoms with E-state index in [1.54, 1.807) is 7.11 Å². The molecule has 0 bridgehead atoms. The van der Waals surface area contributed by atoms with Gasteiger partial charge in [0.25, 0.3) is 0 Å². The molecule has 0 amide bonds. The van der Waals surface area contributed by atoms with E-state index in [0.29, 0.717) is 12.4 Å². The van der Waals surface area contributed by atoms with Gasteiger partial charge in [0.2, 0.25) is 0 Å². The Balaban J connectivity index is 1.99. The summed E-state index contributed by atoms with van der Waals surface area (Å²) in [5.74, 6) is 1.50. The number of epoxide rings is 1. The molecule has 106 valence electrons. The molecule has 20 heavy (non-hydrogen) atoms. The molecule has 2 rings (SSSR count). The van der Waals surface area contributed by atoms with Crippen molar-refractivity contribution in [3.05, 3.63) is 60.4 Å². The van der Waals surface area contributed by atoms with Gasteiger partial charge in [-0.3, -0.25) is 0 Å². The lowest BCUT2D eigenvalue weighted by Gasteiger charge is -2.07. The lowest BCUT2D eigenvalue weighted by molar-refractivity contribution is 0.263. The summed E-state index contributed by atoms with van der Waals surface area (Å²) in [7, 11) is 1.61. The van der Waals surface area contributed by atoms with Crippen molar-refractivity contribution >= 4 is 5.57 Å². The van der Waals surface area contributed by atoms with E-state index in [1.165, 1.54) is 0 Å². The Morgan fingerprint density at radius 3 is 2.60 bits per heavy atom. The van der Waals surface area contributed by atoms with E-state index in [4.69, 9.17) is 14.2 Å². The fourth-order valence-corrected chi connectivity index (χ4v) is 1.71. The standard InChI is InChI=1S/C17H20O3/c1-4-14(6-5-13(2)18-3)15-7-9-16(10-8-15)19-11-17-12-20-17/h4-10,17H,2,11-12H2,1,3H3/b6-5-,14-4+. The number of rotatable bonds is 7. The molecule has 1 atom stereocenters. The molecule has 1 heterocycles. The minimum Gasteiger partial charge on any atom is -0.497 e. The molecule has 3 heteroatoms. The lowest BCUT2D eigenvalue weighted by atomic mass is 10.1. The molecule has 1 saturated heterocycles. The minimum absolute atomic E-state index is 0.281. The van der Waals surface area contributed by atoms with Crippen LogP contribution in [0.3, 0.4) is 0 Å². The van der Waals surface area contributed by atoms with Crippen LogP contribution in [0.1, 0.15) is 12.5 Å². The molecule has 1 unspecified atom stereocenters. The zero-order valence-electron chi connectivity index (χ0n) is 12.0. The normalized spacial score (nSPS) is 18.1. The molecule has 1 aromatic carbocycles. The summed E-state index contributed by atoms with van der Waals surface area (Å²) in [5, 5.41) is 0. The topological polar surface area (TPSA) is 31.0 Å². The van der Waals surface area contributed by atoms with E-state index in [-0.39, 0.29) is 6.10 Å². The van der Waals surface area contributed by atoms with Gasteiger partial charge < -0.3 is 14.2 Å². The maximum Gasteiger partial charge on any atom is 0.119 e. The van der Waals surface area contributed by atoms with Crippen LogP contribution in [0, 0.1) is 0 Å². The molecular weight excluding hydrogens is 252 g/mol. The first kappa shape index (κ1) is 14.4. The molecule has 1 fully saturated rings. The van der Waals surface area contributed by atoms with Gasteiger partial charge in [0.05, 0.1) is 13.7 Å². The van der Waals surface area contributed by atoms with E-state index >= 15 is 0 Å². The molecule has 0 N–H and O–H groups in total. The Bertz CT molecular complexity index is 508. The summed E-state index contributed by atoms with van der Waals surface area (Å²) in [6.45, 7) is 7.21. The summed E-state index contributed by atoms with van der Waals surface area (Å²) >= 11 is 0. The largest absolute Gasteiger partial charge is 0.497 e. The summed E-state index contributed by atoms with van der Waals surface area (Å²) < 4.78 is 15.7. The van der Waals surface area contributed by atoms with Crippen molar-refractivity contribution in [1.82, 2.24) is 0 Å². The van der Waals surface area contributed by atoms with Gasteiger partial charge in [0.15, 0.2) is 0 Å². The second kappa shape index (κ2) is 6.96. The van der Waals surface area contributed by atoms with Gasteiger partial charge in [-0.15, -0.1) is 0 Å². The van der Waals surface area contributed by atoms with E-state index in [0.717, 1.165) is 23.5 Å². The van der Waals surface area contributed by atoms with Crippen LogP contribution < -0.4 is 4.74 Å². The van der Waals surface area contributed by atoms with Crippen molar-refractivity contribution in [3.8, 4) is 5.75 Å². The van der Waals surface area contributed by atoms with Crippen LogP contribution in [-0.2, 0) is 9.47 Å². The fourth-order valence-electron chi connectivity index (χ4n) is 1.71. The number of allylic oxidation sites excluding steroid dienone is 4. The molecule has 0 spiro atoms. The van der Waals surface area contributed by atoms with Gasteiger partial charge in [-0.25, -0.2) is 0 Å². The minimum atomic E-state index is 0.281. The number of benzene rings is 1. The maximum atomic E-state index is 5.62. The van der Waals surface area contributed by atoms with Crippen molar-refractivity contribution in [2.24, 2.45) is 0 Å². The van der Waals surface area contributed by atoms with Crippen LogP contribution in [0.2, 0.25) is 0 Å². The Labute approximate surface area is 120 Å². The highest BCUT2D eigenvalue weighted by Crippen LogP contribution is 2.21.